The first kappa shape index (κ1) is 62.8. The molecule has 0 aromatic heterocycles. The number of ether oxygens (including phenoxy) is 1. The number of carbonyl (C=O) groups excluding carboxylic acids is 2. The van der Waals surface area contributed by atoms with Gasteiger partial charge in [0.15, 0.2) is 0 Å². The first-order chi connectivity index (χ1) is 32.0. The van der Waals surface area contributed by atoms with Gasteiger partial charge in [-0.1, -0.05) is 262 Å². The molecule has 0 heterocycles. The van der Waals surface area contributed by atoms with Gasteiger partial charge in [-0.05, 0) is 64.2 Å². The fourth-order valence-electron chi connectivity index (χ4n) is 8.60. The third-order valence-corrected chi connectivity index (χ3v) is 12.9. The third kappa shape index (κ3) is 48.1. The van der Waals surface area contributed by atoms with Crippen molar-refractivity contribution in [2.75, 3.05) is 6.61 Å². The van der Waals surface area contributed by atoms with Crippen molar-refractivity contribution in [2.24, 2.45) is 0 Å². The van der Waals surface area contributed by atoms with Crippen molar-refractivity contribution >= 4 is 11.9 Å². The summed E-state index contributed by atoms with van der Waals surface area (Å²) >= 11 is 0. The van der Waals surface area contributed by atoms with Crippen molar-refractivity contribution in [1.29, 1.82) is 0 Å². The molecule has 0 bridgehead atoms. The second-order valence-electron chi connectivity index (χ2n) is 19.3. The van der Waals surface area contributed by atoms with Crippen molar-refractivity contribution in [3.05, 3.63) is 48.6 Å². The van der Waals surface area contributed by atoms with E-state index in [1.165, 1.54) is 173 Å². The highest BCUT2D eigenvalue weighted by Crippen LogP contribution is 2.18. The molecular formula is C59H109NO5. The number of esters is 1. The molecule has 0 aromatic carbocycles. The van der Waals surface area contributed by atoms with Crippen molar-refractivity contribution < 1.29 is 24.5 Å². The fourth-order valence-corrected chi connectivity index (χ4v) is 8.60. The number of unbranched alkanes of at least 4 members (excludes halogenated alkanes) is 31. The number of aliphatic hydroxyl groups is 2. The molecule has 0 aliphatic rings. The number of hydrogen-bond donors (Lipinski definition) is 3. The second kappa shape index (κ2) is 52.8. The molecule has 3 unspecified atom stereocenters. The summed E-state index contributed by atoms with van der Waals surface area (Å²) < 4.78 is 5.93. The summed E-state index contributed by atoms with van der Waals surface area (Å²) in [6, 6.07) is -0.717. The summed E-state index contributed by atoms with van der Waals surface area (Å²) in [5.41, 5.74) is 0. The Hall–Kier alpha value is -2.18. The number of allylic oxidation sites excluding steroid dienone is 8. The van der Waals surface area contributed by atoms with Gasteiger partial charge in [0.05, 0.1) is 25.2 Å². The van der Waals surface area contributed by atoms with Gasteiger partial charge in [-0.2, -0.15) is 0 Å². The number of rotatable bonds is 51. The first-order valence-electron chi connectivity index (χ1n) is 28.4. The Balaban J connectivity index is 4.64. The van der Waals surface area contributed by atoms with Crippen molar-refractivity contribution in [2.45, 2.75) is 309 Å². The van der Waals surface area contributed by atoms with Gasteiger partial charge >= 0.3 is 5.97 Å². The van der Waals surface area contributed by atoms with Gasteiger partial charge in [0.1, 0.15) is 6.10 Å². The molecular weight excluding hydrogens is 803 g/mol. The lowest BCUT2D eigenvalue weighted by molar-refractivity contribution is -0.151. The molecule has 1 amide bonds. The maximum Gasteiger partial charge on any atom is 0.306 e. The summed E-state index contributed by atoms with van der Waals surface area (Å²) in [5, 5.41) is 23.8. The number of aliphatic hydroxyl groups excluding tert-OH is 2. The largest absolute Gasteiger partial charge is 0.462 e. The smallest absolute Gasteiger partial charge is 0.306 e. The maximum atomic E-state index is 13.2. The molecule has 6 heteroatoms. The van der Waals surface area contributed by atoms with Crippen LogP contribution < -0.4 is 5.32 Å². The lowest BCUT2D eigenvalue weighted by atomic mass is 10.0. The number of nitrogens with one attached hydrogen (secondary N) is 1. The first-order valence-corrected chi connectivity index (χ1v) is 28.4. The minimum Gasteiger partial charge on any atom is -0.462 e. The number of hydrogen-bond acceptors (Lipinski definition) is 5. The topological polar surface area (TPSA) is 95.9 Å². The standard InChI is InChI=1S/C59H109NO5/c1-4-7-10-13-16-19-22-25-27-29-31-33-35-38-41-44-47-50-55(65-59(64)52-49-46-43-40-37-34-32-30-28-26-23-20-17-14-11-8-5-2)53-58(63)60-56(54-61)57(62)51-48-45-42-39-36-24-21-18-15-12-9-6-3/h16,19,25,27,31,33,38,41,55-57,61-62H,4-15,17-18,20-24,26,28-30,32,34-37,39-40,42-54H2,1-3H3,(H,60,63)/b19-16-,27-25-,33-31-,41-38-. The maximum absolute atomic E-state index is 13.2. The zero-order valence-electron chi connectivity index (χ0n) is 43.4. The molecule has 0 saturated heterocycles. The van der Waals surface area contributed by atoms with Crippen LogP contribution in [0.4, 0.5) is 0 Å². The molecule has 0 rings (SSSR count). The van der Waals surface area contributed by atoms with Crippen LogP contribution in [0.1, 0.15) is 290 Å². The van der Waals surface area contributed by atoms with E-state index in [2.05, 4.69) is 74.7 Å². The van der Waals surface area contributed by atoms with Crippen molar-refractivity contribution in [1.82, 2.24) is 5.32 Å². The summed E-state index contributed by atoms with van der Waals surface area (Å²) in [7, 11) is 0. The Kier molecular flexibility index (Phi) is 51.0. The summed E-state index contributed by atoms with van der Waals surface area (Å²) in [6.45, 7) is 6.46. The number of carbonyl (C=O) groups is 2. The van der Waals surface area contributed by atoms with E-state index in [0.717, 1.165) is 70.6 Å². The van der Waals surface area contributed by atoms with Crippen LogP contribution in [0.3, 0.4) is 0 Å². The van der Waals surface area contributed by atoms with Gasteiger partial charge in [-0.25, -0.2) is 0 Å². The predicted molar refractivity (Wildman–Crippen MR) is 282 cm³/mol. The molecule has 0 fully saturated rings. The van der Waals surface area contributed by atoms with Gasteiger partial charge in [0.25, 0.3) is 0 Å². The highest BCUT2D eigenvalue weighted by molar-refractivity contribution is 5.77. The minimum atomic E-state index is -0.801. The Labute approximate surface area is 404 Å². The molecule has 6 nitrogen and oxygen atoms in total. The molecule has 0 aromatic rings. The van der Waals surface area contributed by atoms with Crippen LogP contribution in [0.15, 0.2) is 48.6 Å². The Morgan fingerprint density at radius 1 is 0.446 bits per heavy atom. The lowest BCUT2D eigenvalue weighted by Crippen LogP contribution is -2.46. The van der Waals surface area contributed by atoms with Crippen LogP contribution >= 0.6 is 0 Å². The Morgan fingerprint density at radius 3 is 1.22 bits per heavy atom. The van der Waals surface area contributed by atoms with Crippen LogP contribution in [0, 0.1) is 0 Å². The fraction of sp³-hybridized carbons (Fsp3) is 0.831. The highest BCUT2D eigenvalue weighted by Gasteiger charge is 2.24. The minimum absolute atomic E-state index is 0.0429. The van der Waals surface area contributed by atoms with E-state index >= 15 is 0 Å². The van der Waals surface area contributed by atoms with E-state index in [1.54, 1.807) is 0 Å². The summed E-state index contributed by atoms with van der Waals surface area (Å²) in [4.78, 5) is 26.2. The quantitative estimate of drug-likeness (QED) is 0.0321. The molecule has 0 aliphatic carbocycles. The Morgan fingerprint density at radius 2 is 0.800 bits per heavy atom. The molecule has 0 radical (unpaired) electrons. The molecule has 0 saturated carbocycles. The van der Waals surface area contributed by atoms with E-state index in [-0.39, 0.29) is 24.9 Å². The summed E-state index contributed by atoms with van der Waals surface area (Å²) in [6.07, 6.45) is 64.6. The molecule has 380 valence electrons. The predicted octanol–water partition coefficient (Wildman–Crippen LogP) is 17.4. The third-order valence-electron chi connectivity index (χ3n) is 12.9. The molecule has 0 spiro atoms. The van der Waals surface area contributed by atoms with Crippen molar-refractivity contribution in [3.63, 3.8) is 0 Å². The SMILES string of the molecule is CCCCC/C=C\C/C=C\C/C=C\C/C=C\CCCC(CC(=O)NC(CO)C(O)CCCCCCCCCCCCCC)OC(=O)CCCCCCCCCCCCCCCCCCC. The van der Waals surface area contributed by atoms with E-state index in [9.17, 15) is 19.8 Å². The van der Waals surface area contributed by atoms with E-state index in [1.807, 2.05) is 0 Å². The lowest BCUT2D eigenvalue weighted by Gasteiger charge is -2.24. The molecule has 0 aliphatic heterocycles. The van der Waals surface area contributed by atoms with Crippen LogP contribution in [0.25, 0.3) is 0 Å². The zero-order valence-corrected chi connectivity index (χ0v) is 43.4. The van der Waals surface area contributed by atoms with Gasteiger partial charge in [-0.15, -0.1) is 0 Å². The monoisotopic (exact) mass is 912 g/mol. The van der Waals surface area contributed by atoms with Crippen LogP contribution in [0.5, 0.6) is 0 Å². The Bertz CT molecular complexity index is 1110. The molecule has 3 N–H and O–H groups in total. The van der Waals surface area contributed by atoms with E-state index in [4.69, 9.17) is 4.74 Å². The van der Waals surface area contributed by atoms with Gasteiger partial charge < -0.3 is 20.3 Å². The average molecular weight is 913 g/mol. The number of amides is 1. The molecule has 65 heavy (non-hydrogen) atoms. The van der Waals surface area contributed by atoms with Gasteiger partial charge in [-0.3, -0.25) is 9.59 Å². The van der Waals surface area contributed by atoms with E-state index in [0.29, 0.717) is 19.3 Å². The van der Waals surface area contributed by atoms with Crippen LogP contribution in [-0.2, 0) is 14.3 Å². The molecule has 3 atom stereocenters. The van der Waals surface area contributed by atoms with Crippen LogP contribution in [-0.4, -0.2) is 46.9 Å². The van der Waals surface area contributed by atoms with Gasteiger partial charge in [0.2, 0.25) is 5.91 Å². The normalized spacial score (nSPS) is 13.5. The van der Waals surface area contributed by atoms with Gasteiger partial charge in [0, 0.05) is 6.42 Å². The van der Waals surface area contributed by atoms with Crippen LogP contribution in [0.2, 0.25) is 0 Å². The summed E-state index contributed by atoms with van der Waals surface area (Å²) in [5.74, 6) is -0.515. The second-order valence-corrected chi connectivity index (χ2v) is 19.3. The average Bonchev–Trinajstić information content (AvgIpc) is 3.30. The highest BCUT2D eigenvalue weighted by atomic mass is 16.5. The van der Waals surface area contributed by atoms with E-state index < -0.39 is 18.2 Å². The zero-order chi connectivity index (χ0) is 47.4. The van der Waals surface area contributed by atoms with Crippen molar-refractivity contribution in [3.8, 4) is 0 Å².